The Kier molecular flexibility index (Phi) is 4.73. The van der Waals surface area contributed by atoms with Crippen LogP contribution < -0.4 is 11.1 Å². The lowest BCUT2D eigenvalue weighted by Gasteiger charge is -2.21. The highest BCUT2D eigenvalue weighted by Crippen LogP contribution is 2.26. The van der Waals surface area contributed by atoms with Crippen LogP contribution in [0.5, 0.6) is 0 Å². The second-order valence-corrected chi connectivity index (χ2v) is 3.80. The summed E-state index contributed by atoms with van der Waals surface area (Å²) in [6.45, 7) is 4.13. The molecule has 0 aliphatic heterocycles. The molecule has 0 aromatic heterocycles. The zero-order valence-electron chi connectivity index (χ0n) is 8.96. The molecule has 82 valence electrons. The van der Waals surface area contributed by atoms with Gasteiger partial charge in [0.05, 0.1) is 0 Å². The fourth-order valence-corrected chi connectivity index (χ4v) is 1.45. The van der Waals surface area contributed by atoms with Gasteiger partial charge in [0.15, 0.2) is 0 Å². The topological polar surface area (TPSA) is 58.4 Å². The van der Waals surface area contributed by atoms with Crippen molar-refractivity contribution in [1.82, 2.24) is 10.2 Å². The molecule has 1 fully saturated rings. The van der Waals surface area contributed by atoms with Crippen LogP contribution >= 0.6 is 0 Å². The second-order valence-electron chi connectivity index (χ2n) is 3.80. The number of nitrogens with zero attached hydrogens (tertiary/aromatic N) is 1. The van der Waals surface area contributed by atoms with E-state index in [0.29, 0.717) is 19.1 Å². The van der Waals surface area contributed by atoms with E-state index in [4.69, 9.17) is 5.73 Å². The monoisotopic (exact) mass is 199 g/mol. The maximum absolute atomic E-state index is 11.6. The van der Waals surface area contributed by atoms with Crippen LogP contribution in [-0.4, -0.2) is 36.6 Å². The van der Waals surface area contributed by atoms with E-state index < -0.39 is 0 Å². The van der Waals surface area contributed by atoms with Crippen LogP contribution in [0.15, 0.2) is 0 Å². The Morgan fingerprint density at radius 1 is 1.57 bits per heavy atom. The van der Waals surface area contributed by atoms with Crippen molar-refractivity contribution in [3.05, 3.63) is 0 Å². The molecule has 4 nitrogen and oxygen atoms in total. The standard InChI is InChI=1S/C10H21N3O/c1-2-3-7-12-10(14)13(8-6-11)9-4-5-9/h9H,2-8,11H2,1H3,(H,12,14). The molecule has 1 rings (SSSR count). The maximum atomic E-state index is 11.6. The Balaban J connectivity index is 2.23. The summed E-state index contributed by atoms with van der Waals surface area (Å²) in [5, 5.41) is 2.92. The first-order valence-corrected chi connectivity index (χ1v) is 5.54. The third kappa shape index (κ3) is 3.54. The van der Waals surface area contributed by atoms with E-state index in [9.17, 15) is 4.79 Å². The highest BCUT2D eigenvalue weighted by molar-refractivity contribution is 5.74. The quantitative estimate of drug-likeness (QED) is 0.625. The average molecular weight is 199 g/mol. The van der Waals surface area contributed by atoms with Crippen LogP contribution in [0.4, 0.5) is 4.79 Å². The summed E-state index contributed by atoms with van der Waals surface area (Å²) in [6.07, 6.45) is 4.44. The molecule has 1 aliphatic carbocycles. The van der Waals surface area contributed by atoms with Crippen molar-refractivity contribution in [2.75, 3.05) is 19.6 Å². The molecule has 0 heterocycles. The third-order valence-electron chi connectivity index (χ3n) is 2.43. The Bertz CT molecular complexity index is 180. The summed E-state index contributed by atoms with van der Waals surface area (Å²) >= 11 is 0. The van der Waals surface area contributed by atoms with Crippen LogP contribution in [-0.2, 0) is 0 Å². The molecule has 0 aromatic rings. The van der Waals surface area contributed by atoms with E-state index in [2.05, 4.69) is 12.2 Å². The molecule has 4 heteroatoms. The smallest absolute Gasteiger partial charge is 0.317 e. The van der Waals surface area contributed by atoms with E-state index in [-0.39, 0.29) is 6.03 Å². The third-order valence-corrected chi connectivity index (χ3v) is 2.43. The summed E-state index contributed by atoms with van der Waals surface area (Å²) in [5.41, 5.74) is 5.47. The number of nitrogens with two attached hydrogens (primary N) is 1. The van der Waals surface area contributed by atoms with Gasteiger partial charge in [-0.1, -0.05) is 13.3 Å². The van der Waals surface area contributed by atoms with Gasteiger partial charge in [0.25, 0.3) is 0 Å². The minimum Gasteiger partial charge on any atom is -0.338 e. The summed E-state index contributed by atoms with van der Waals surface area (Å²) in [4.78, 5) is 13.5. The van der Waals surface area contributed by atoms with Gasteiger partial charge in [0.2, 0.25) is 0 Å². The molecule has 0 saturated heterocycles. The number of unbranched alkanes of at least 4 members (excludes halogenated alkanes) is 1. The summed E-state index contributed by atoms with van der Waals surface area (Å²) in [7, 11) is 0. The van der Waals surface area contributed by atoms with Crippen molar-refractivity contribution in [2.45, 2.75) is 38.6 Å². The molecule has 0 aromatic carbocycles. The molecular formula is C10H21N3O. The molecule has 1 aliphatic rings. The fraction of sp³-hybridized carbons (Fsp3) is 0.900. The van der Waals surface area contributed by atoms with Crippen molar-refractivity contribution in [3.63, 3.8) is 0 Å². The lowest BCUT2D eigenvalue weighted by molar-refractivity contribution is 0.196. The SMILES string of the molecule is CCCCNC(=O)N(CCN)C1CC1. The van der Waals surface area contributed by atoms with Crippen molar-refractivity contribution >= 4 is 6.03 Å². The molecule has 1 saturated carbocycles. The number of carbonyl (C=O) groups excluding carboxylic acids is 1. The highest BCUT2D eigenvalue weighted by Gasteiger charge is 2.31. The predicted octanol–water partition coefficient (Wildman–Crippen LogP) is 0.919. The zero-order valence-corrected chi connectivity index (χ0v) is 8.96. The molecule has 0 unspecified atom stereocenters. The van der Waals surface area contributed by atoms with Gasteiger partial charge in [-0.3, -0.25) is 0 Å². The van der Waals surface area contributed by atoms with E-state index in [1.165, 1.54) is 0 Å². The van der Waals surface area contributed by atoms with Crippen LogP contribution in [0.1, 0.15) is 32.6 Å². The first-order chi connectivity index (χ1) is 6.79. The first kappa shape index (κ1) is 11.3. The fourth-order valence-electron chi connectivity index (χ4n) is 1.45. The maximum Gasteiger partial charge on any atom is 0.317 e. The van der Waals surface area contributed by atoms with E-state index >= 15 is 0 Å². The number of hydrogen-bond donors (Lipinski definition) is 2. The number of carbonyl (C=O) groups is 1. The van der Waals surface area contributed by atoms with E-state index in [0.717, 1.165) is 32.2 Å². The van der Waals surface area contributed by atoms with Crippen LogP contribution in [0.2, 0.25) is 0 Å². The van der Waals surface area contributed by atoms with E-state index in [1.54, 1.807) is 0 Å². The van der Waals surface area contributed by atoms with Crippen LogP contribution in [0.25, 0.3) is 0 Å². The molecule has 0 bridgehead atoms. The Labute approximate surface area is 85.8 Å². The van der Waals surface area contributed by atoms with Crippen LogP contribution in [0, 0.1) is 0 Å². The van der Waals surface area contributed by atoms with Crippen molar-refractivity contribution in [1.29, 1.82) is 0 Å². The van der Waals surface area contributed by atoms with Gasteiger partial charge in [-0.25, -0.2) is 4.79 Å². The lowest BCUT2D eigenvalue weighted by atomic mass is 10.3. The van der Waals surface area contributed by atoms with Gasteiger partial charge in [-0.15, -0.1) is 0 Å². The Hall–Kier alpha value is -0.770. The minimum absolute atomic E-state index is 0.0615. The number of hydrogen-bond acceptors (Lipinski definition) is 2. The summed E-state index contributed by atoms with van der Waals surface area (Å²) in [6, 6.07) is 0.520. The molecular weight excluding hydrogens is 178 g/mol. The molecule has 0 atom stereocenters. The Morgan fingerprint density at radius 3 is 2.79 bits per heavy atom. The normalized spacial score (nSPS) is 15.3. The number of nitrogens with one attached hydrogen (secondary N) is 1. The lowest BCUT2D eigenvalue weighted by Crippen LogP contribution is -2.44. The first-order valence-electron chi connectivity index (χ1n) is 5.54. The number of rotatable bonds is 6. The van der Waals surface area contributed by atoms with Gasteiger partial charge >= 0.3 is 6.03 Å². The largest absolute Gasteiger partial charge is 0.338 e. The second kappa shape index (κ2) is 5.86. The molecule has 0 radical (unpaired) electrons. The van der Waals surface area contributed by atoms with Gasteiger partial charge in [-0.05, 0) is 19.3 Å². The predicted molar refractivity (Wildman–Crippen MR) is 57.1 cm³/mol. The van der Waals surface area contributed by atoms with Gasteiger partial charge in [0.1, 0.15) is 0 Å². The number of urea groups is 1. The molecule has 3 N–H and O–H groups in total. The van der Waals surface area contributed by atoms with Gasteiger partial charge in [0, 0.05) is 25.7 Å². The summed E-state index contributed by atoms with van der Waals surface area (Å²) < 4.78 is 0. The zero-order chi connectivity index (χ0) is 10.4. The number of amides is 2. The van der Waals surface area contributed by atoms with Crippen molar-refractivity contribution < 1.29 is 4.79 Å². The van der Waals surface area contributed by atoms with Gasteiger partial charge in [-0.2, -0.15) is 0 Å². The van der Waals surface area contributed by atoms with Crippen molar-refractivity contribution in [2.24, 2.45) is 5.73 Å². The highest BCUT2D eigenvalue weighted by atomic mass is 16.2. The van der Waals surface area contributed by atoms with E-state index in [1.807, 2.05) is 4.90 Å². The van der Waals surface area contributed by atoms with Gasteiger partial charge < -0.3 is 16.0 Å². The minimum atomic E-state index is 0.0615. The molecule has 14 heavy (non-hydrogen) atoms. The molecule has 0 spiro atoms. The van der Waals surface area contributed by atoms with Crippen molar-refractivity contribution in [3.8, 4) is 0 Å². The average Bonchev–Trinajstić information content (AvgIpc) is 2.98. The summed E-state index contributed by atoms with van der Waals surface area (Å²) in [5.74, 6) is 0. The van der Waals surface area contributed by atoms with Crippen LogP contribution in [0.3, 0.4) is 0 Å². The molecule has 2 amide bonds. The Morgan fingerprint density at radius 2 is 2.29 bits per heavy atom.